The molecule has 6 heteroatoms. The Morgan fingerprint density at radius 1 is 0.338 bits per heavy atom. The van der Waals surface area contributed by atoms with E-state index in [0.717, 1.165) is 44.9 Å². The van der Waals surface area contributed by atoms with Gasteiger partial charge < -0.3 is 20.3 Å². The minimum absolute atomic E-state index is 0.0136. The van der Waals surface area contributed by atoms with Gasteiger partial charge in [0, 0.05) is 12.8 Å². The van der Waals surface area contributed by atoms with Gasteiger partial charge in [-0.15, -0.1) is 0 Å². The van der Waals surface area contributed by atoms with Crippen molar-refractivity contribution >= 4 is 11.9 Å². The lowest BCUT2D eigenvalue weighted by molar-refractivity contribution is -0.143. The summed E-state index contributed by atoms with van der Waals surface area (Å²) in [7, 11) is 0. The first-order chi connectivity index (χ1) is 39.5. The molecule has 0 aromatic carbocycles. The van der Waals surface area contributed by atoms with E-state index in [0.29, 0.717) is 25.9 Å². The third kappa shape index (κ3) is 65.7. The molecule has 476 valence electrons. The summed E-state index contributed by atoms with van der Waals surface area (Å²) in [5, 5.41) is 23.3. The first-order valence-corrected chi connectivity index (χ1v) is 36.9. The Bertz CT molecular complexity index is 1210. The molecule has 0 saturated carbocycles. The van der Waals surface area contributed by atoms with Crippen LogP contribution in [0.4, 0.5) is 0 Å². The van der Waals surface area contributed by atoms with Crippen molar-refractivity contribution < 1.29 is 24.5 Å². The Balaban J connectivity index is 3.27. The third-order valence-electron chi connectivity index (χ3n) is 17.6. The van der Waals surface area contributed by atoms with Crippen molar-refractivity contribution in [2.75, 3.05) is 13.2 Å². The highest BCUT2D eigenvalue weighted by molar-refractivity contribution is 5.76. The molecule has 0 aliphatic heterocycles. The van der Waals surface area contributed by atoms with Crippen LogP contribution < -0.4 is 5.32 Å². The van der Waals surface area contributed by atoms with Gasteiger partial charge in [-0.2, -0.15) is 0 Å². The number of ether oxygens (including phenoxy) is 1. The predicted octanol–water partition coefficient (Wildman–Crippen LogP) is 23.9. The fourth-order valence-corrected chi connectivity index (χ4v) is 11.9. The molecule has 6 nitrogen and oxygen atoms in total. The fourth-order valence-electron chi connectivity index (χ4n) is 11.9. The lowest BCUT2D eigenvalue weighted by Crippen LogP contribution is -2.45. The van der Waals surface area contributed by atoms with Crippen LogP contribution in [0.15, 0.2) is 12.2 Å². The Morgan fingerprint density at radius 3 is 0.925 bits per heavy atom. The second kappa shape index (κ2) is 70.1. The second-order valence-electron chi connectivity index (χ2n) is 25.6. The number of esters is 1. The van der Waals surface area contributed by atoms with Crippen molar-refractivity contribution in [1.82, 2.24) is 5.32 Å². The zero-order valence-corrected chi connectivity index (χ0v) is 54.6. The molecule has 0 aliphatic rings. The number of unbranched alkanes of at least 4 members (excludes halogenated alkanes) is 57. The Hall–Kier alpha value is -1.40. The zero-order valence-electron chi connectivity index (χ0n) is 54.6. The molecule has 0 aliphatic carbocycles. The Kier molecular flexibility index (Phi) is 68.9. The van der Waals surface area contributed by atoms with Crippen LogP contribution in [0.1, 0.15) is 425 Å². The van der Waals surface area contributed by atoms with Crippen molar-refractivity contribution in [2.24, 2.45) is 0 Å². The van der Waals surface area contributed by atoms with Crippen LogP contribution in [0.5, 0.6) is 0 Å². The van der Waals surface area contributed by atoms with Crippen molar-refractivity contribution in [2.45, 2.75) is 437 Å². The van der Waals surface area contributed by atoms with E-state index < -0.39 is 12.1 Å². The Labute approximate surface area is 501 Å². The maximum atomic E-state index is 12.5. The van der Waals surface area contributed by atoms with Crippen molar-refractivity contribution in [3.05, 3.63) is 12.2 Å². The van der Waals surface area contributed by atoms with Crippen LogP contribution in [-0.2, 0) is 14.3 Å². The lowest BCUT2D eigenvalue weighted by atomic mass is 10.0. The minimum atomic E-state index is -0.658. The standard InChI is InChI=1S/C74H145NO5/c1-3-5-7-9-11-13-15-43-47-50-54-58-62-66-72(77)71(70-76)75-73(78)67-63-59-55-51-48-44-41-39-37-35-33-31-29-27-25-23-21-19-17-16-18-20-22-24-26-28-30-32-34-36-38-40-42-45-49-53-57-61-65-69-80-74(79)68-64-60-56-52-46-14-12-10-8-6-4-2/h10,12,71-72,76-77H,3-9,11,13-70H2,1-2H3,(H,75,78)/b12-10-. The van der Waals surface area contributed by atoms with Crippen molar-refractivity contribution in [3.8, 4) is 0 Å². The molecule has 2 unspecified atom stereocenters. The van der Waals surface area contributed by atoms with Gasteiger partial charge in [-0.05, 0) is 44.9 Å². The highest BCUT2D eigenvalue weighted by Gasteiger charge is 2.20. The monoisotopic (exact) mass is 1130 g/mol. The van der Waals surface area contributed by atoms with Crippen LogP contribution in [0.25, 0.3) is 0 Å². The molecule has 0 bridgehead atoms. The van der Waals surface area contributed by atoms with Gasteiger partial charge in [0.05, 0.1) is 25.4 Å². The van der Waals surface area contributed by atoms with E-state index in [1.54, 1.807) is 0 Å². The smallest absolute Gasteiger partial charge is 0.305 e. The molecule has 3 N–H and O–H groups in total. The van der Waals surface area contributed by atoms with Crippen LogP contribution in [0.2, 0.25) is 0 Å². The molecule has 1 amide bonds. The first kappa shape index (κ1) is 78.6. The normalized spacial score (nSPS) is 12.5. The molecular weight excluding hydrogens is 983 g/mol. The van der Waals surface area contributed by atoms with Gasteiger partial charge in [-0.25, -0.2) is 0 Å². The molecule has 2 atom stereocenters. The third-order valence-corrected chi connectivity index (χ3v) is 17.6. The van der Waals surface area contributed by atoms with E-state index >= 15 is 0 Å². The van der Waals surface area contributed by atoms with Gasteiger partial charge in [0.15, 0.2) is 0 Å². The summed E-state index contributed by atoms with van der Waals surface area (Å²) in [4.78, 5) is 24.5. The van der Waals surface area contributed by atoms with Crippen LogP contribution in [0, 0.1) is 0 Å². The fraction of sp³-hybridized carbons (Fsp3) is 0.946. The van der Waals surface area contributed by atoms with Gasteiger partial charge in [0.2, 0.25) is 5.91 Å². The molecule has 0 aromatic rings. The number of hydrogen-bond acceptors (Lipinski definition) is 5. The number of carbonyl (C=O) groups excluding carboxylic acids is 2. The number of nitrogens with one attached hydrogen (secondary N) is 1. The Morgan fingerprint density at radius 2 is 0.600 bits per heavy atom. The van der Waals surface area contributed by atoms with Crippen LogP contribution in [0.3, 0.4) is 0 Å². The summed E-state index contributed by atoms with van der Waals surface area (Å²) < 4.78 is 5.47. The average molecular weight is 1130 g/mol. The average Bonchev–Trinajstić information content (AvgIpc) is 3.46. The van der Waals surface area contributed by atoms with E-state index in [1.807, 2.05) is 0 Å². The van der Waals surface area contributed by atoms with Crippen molar-refractivity contribution in [1.29, 1.82) is 0 Å². The number of amides is 1. The molecule has 0 fully saturated rings. The molecule has 0 radical (unpaired) electrons. The number of hydrogen-bond donors (Lipinski definition) is 3. The number of aliphatic hydroxyl groups excluding tert-OH is 2. The summed E-state index contributed by atoms with van der Waals surface area (Å²) in [6.45, 7) is 4.95. The number of aliphatic hydroxyl groups is 2. The summed E-state index contributed by atoms with van der Waals surface area (Å²) in [5.74, 6) is -0.0126. The van der Waals surface area contributed by atoms with Gasteiger partial charge in [0.25, 0.3) is 0 Å². The minimum Gasteiger partial charge on any atom is -0.466 e. The van der Waals surface area contributed by atoms with Crippen LogP contribution in [-0.4, -0.2) is 47.4 Å². The van der Waals surface area contributed by atoms with E-state index in [9.17, 15) is 19.8 Å². The molecule has 0 rings (SSSR count). The highest BCUT2D eigenvalue weighted by atomic mass is 16.5. The predicted molar refractivity (Wildman–Crippen MR) is 352 cm³/mol. The van der Waals surface area contributed by atoms with Gasteiger partial charge in [0.1, 0.15) is 0 Å². The van der Waals surface area contributed by atoms with Gasteiger partial charge in [-0.3, -0.25) is 9.59 Å². The summed E-state index contributed by atoms with van der Waals surface area (Å²) in [6, 6.07) is -0.535. The van der Waals surface area contributed by atoms with Crippen molar-refractivity contribution in [3.63, 3.8) is 0 Å². The van der Waals surface area contributed by atoms with E-state index in [1.165, 1.54) is 347 Å². The maximum Gasteiger partial charge on any atom is 0.305 e. The lowest BCUT2D eigenvalue weighted by Gasteiger charge is -2.22. The zero-order chi connectivity index (χ0) is 57.8. The number of rotatable bonds is 70. The molecular formula is C74H145NO5. The van der Waals surface area contributed by atoms with E-state index in [4.69, 9.17) is 4.74 Å². The molecule has 0 aromatic heterocycles. The summed E-state index contributed by atoms with van der Waals surface area (Å²) >= 11 is 0. The second-order valence-corrected chi connectivity index (χ2v) is 25.6. The SMILES string of the molecule is CCCC/C=C\CCCCCCCC(=O)OCCCCCCCCCCCCCCCCCCCCCCCCCCCCCCCCCCCCCCCCCC(=O)NC(CO)C(O)CCCCCCCCCCCCCCC. The van der Waals surface area contributed by atoms with Gasteiger partial charge in [-0.1, -0.05) is 379 Å². The summed E-state index contributed by atoms with van der Waals surface area (Å²) in [6.07, 6.45) is 87.3. The number of allylic oxidation sites excluding steroid dienone is 2. The van der Waals surface area contributed by atoms with Crippen LogP contribution >= 0.6 is 0 Å². The van der Waals surface area contributed by atoms with E-state index in [-0.39, 0.29) is 18.5 Å². The molecule has 0 heterocycles. The molecule has 0 spiro atoms. The van der Waals surface area contributed by atoms with E-state index in [2.05, 4.69) is 31.3 Å². The summed E-state index contributed by atoms with van der Waals surface area (Å²) in [5.41, 5.74) is 0. The largest absolute Gasteiger partial charge is 0.466 e. The number of carbonyl (C=O) groups is 2. The highest BCUT2D eigenvalue weighted by Crippen LogP contribution is 2.20. The molecule has 0 saturated heterocycles. The van der Waals surface area contributed by atoms with Gasteiger partial charge >= 0.3 is 5.97 Å². The quantitative estimate of drug-likeness (QED) is 0.0320. The maximum absolute atomic E-state index is 12.5. The topological polar surface area (TPSA) is 95.9 Å². The molecule has 80 heavy (non-hydrogen) atoms. The first-order valence-electron chi connectivity index (χ1n) is 36.9.